The highest BCUT2D eigenvalue weighted by atomic mass is 32.1. The lowest BCUT2D eigenvalue weighted by molar-refractivity contribution is 0.211. The first kappa shape index (κ1) is 12.6. The standard InChI is InChI=1S/C13H13N3OS/c1-17-7-6-15-13-16-9-12(18-13)11-5-3-2-4-10(11)8-14/h2-5,9H,6-7H2,1H3,(H,15,16). The Morgan fingerprint density at radius 1 is 1.44 bits per heavy atom. The number of methoxy groups -OCH3 is 1. The number of anilines is 1. The summed E-state index contributed by atoms with van der Waals surface area (Å²) in [6, 6.07) is 9.73. The molecule has 0 aliphatic rings. The highest BCUT2D eigenvalue weighted by Gasteiger charge is 2.07. The van der Waals surface area contributed by atoms with Gasteiger partial charge in [-0.05, 0) is 6.07 Å². The summed E-state index contributed by atoms with van der Waals surface area (Å²) in [6.45, 7) is 1.37. The number of nitrogens with zero attached hydrogens (tertiary/aromatic N) is 2. The van der Waals surface area contributed by atoms with Crippen LogP contribution >= 0.6 is 11.3 Å². The van der Waals surface area contributed by atoms with E-state index < -0.39 is 0 Å². The summed E-state index contributed by atoms with van der Waals surface area (Å²) in [7, 11) is 1.66. The summed E-state index contributed by atoms with van der Waals surface area (Å²) in [5.41, 5.74) is 1.60. The van der Waals surface area contributed by atoms with E-state index in [2.05, 4.69) is 16.4 Å². The Kier molecular flexibility index (Phi) is 4.29. The molecule has 0 atom stereocenters. The van der Waals surface area contributed by atoms with Crippen LogP contribution < -0.4 is 5.32 Å². The zero-order valence-corrected chi connectivity index (χ0v) is 10.8. The number of hydrogen-bond donors (Lipinski definition) is 1. The topological polar surface area (TPSA) is 57.9 Å². The first-order valence-corrected chi connectivity index (χ1v) is 6.35. The molecular weight excluding hydrogens is 246 g/mol. The summed E-state index contributed by atoms with van der Waals surface area (Å²) in [6.07, 6.45) is 1.79. The molecule has 0 aliphatic heterocycles. The van der Waals surface area contributed by atoms with Crippen molar-refractivity contribution in [1.29, 1.82) is 5.26 Å². The summed E-state index contributed by atoms with van der Waals surface area (Å²) in [5, 5.41) is 13.1. The van der Waals surface area contributed by atoms with Crippen LogP contribution in [0, 0.1) is 11.3 Å². The van der Waals surface area contributed by atoms with Crippen LogP contribution in [0.2, 0.25) is 0 Å². The van der Waals surface area contributed by atoms with Gasteiger partial charge in [0.15, 0.2) is 5.13 Å². The largest absolute Gasteiger partial charge is 0.383 e. The first-order valence-electron chi connectivity index (χ1n) is 5.53. The summed E-state index contributed by atoms with van der Waals surface area (Å²) in [5.74, 6) is 0. The van der Waals surface area contributed by atoms with Crippen molar-refractivity contribution < 1.29 is 4.74 Å². The van der Waals surface area contributed by atoms with Gasteiger partial charge in [0, 0.05) is 25.4 Å². The molecule has 92 valence electrons. The number of rotatable bonds is 5. The van der Waals surface area contributed by atoms with Gasteiger partial charge < -0.3 is 10.1 Å². The predicted octanol–water partition coefficient (Wildman–Crippen LogP) is 2.74. The van der Waals surface area contributed by atoms with E-state index in [0.29, 0.717) is 12.2 Å². The van der Waals surface area contributed by atoms with Gasteiger partial charge in [0.05, 0.1) is 23.1 Å². The molecule has 1 aromatic carbocycles. The van der Waals surface area contributed by atoms with Gasteiger partial charge >= 0.3 is 0 Å². The number of hydrogen-bond acceptors (Lipinski definition) is 5. The fourth-order valence-electron chi connectivity index (χ4n) is 1.54. The molecule has 0 radical (unpaired) electrons. The number of aromatic nitrogens is 1. The zero-order chi connectivity index (χ0) is 12.8. The van der Waals surface area contributed by atoms with Crippen LogP contribution in [0.5, 0.6) is 0 Å². The van der Waals surface area contributed by atoms with Crippen LogP contribution in [-0.4, -0.2) is 25.2 Å². The first-order chi connectivity index (χ1) is 8.85. The van der Waals surface area contributed by atoms with Crippen LogP contribution in [0.25, 0.3) is 10.4 Å². The molecule has 1 heterocycles. The van der Waals surface area contributed by atoms with Crippen molar-refractivity contribution in [2.75, 3.05) is 25.6 Å². The fraction of sp³-hybridized carbons (Fsp3) is 0.231. The quantitative estimate of drug-likeness (QED) is 0.839. The SMILES string of the molecule is COCCNc1ncc(-c2ccccc2C#N)s1. The molecule has 2 aromatic rings. The Morgan fingerprint density at radius 3 is 3.06 bits per heavy atom. The molecule has 0 bridgehead atoms. The minimum Gasteiger partial charge on any atom is -0.383 e. The molecule has 0 amide bonds. The van der Waals surface area contributed by atoms with Crippen molar-refractivity contribution >= 4 is 16.5 Å². The summed E-state index contributed by atoms with van der Waals surface area (Å²) < 4.78 is 4.96. The minimum atomic E-state index is 0.643. The molecule has 0 saturated heterocycles. The maximum atomic E-state index is 9.06. The molecule has 1 N–H and O–H groups in total. The molecular formula is C13H13N3OS. The number of thiazole rings is 1. The second kappa shape index (κ2) is 6.15. The lowest BCUT2D eigenvalue weighted by atomic mass is 10.1. The van der Waals surface area contributed by atoms with E-state index in [1.807, 2.05) is 24.3 Å². The van der Waals surface area contributed by atoms with E-state index in [0.717, 1.165) is 22.1 Å². The molecule has 1 aromatic heterocycles. The van der Waals surface area contributed by atoms with Crippen molar-refractivity contribution in [1.82, 2.24) is 4.98 Å². The van der Waals surface area contributed by atoms with Crippen LogP contribution in [0.15, 0.2) is 30.5 Å². The molecule has 5 heteroatoms. The third kappa shape index (κ3) is 2.86. The average molecular weight is 259 g/mol. The Morgan fingerprint density at radius 2 is 2.28 bits per heavy atom. The number of nitrogens with one attached hydrogen (secondary N) is 1. The molecule has 4 nitrogen and oxygen atoms in total. The van der Waals surface area contributed by atoms with Crippen molar-refractivity contribution in [2.24, 2.45) is 0 Å². The summed E-state index contributed by atoms with van der Waals surface area (Å²) >= 11 is 1.54. The smallest absolute Gasteiger partial charge is 0.183 e. The van der Waals surface area contributed by atoms with Gasteiger partial charge in [0.2, 0.25) is 0 Å². The predicted molar refractivity (Wildman–Crippen MR) is 72.6 cm³/mol. The van der Waals surface area contributed by atoms with Gasteiger partial charge in [-0.15, -0.1) is 0 Å². The molecule has 0 aliphatic carbocycles. The van der Waals surface area contributed by atoms with Gasteiger partial charge in [0.1, 0.15) is 0 Å². The highest BCUT2D eigenvalue weighted by Crippen LogP contribution is 2.30. The van der Waals surface area contributed by atoms with Gasteiger partial charge in [-0.3, -0.25) is 0 Å². The second-order valence-corrected chi connectivity index (χ2v) is 4.64. The number of benzene rings is 1. The molecule has 0 unspecified atom stereocenters. The fourth-order valence-corrected chi connectivity index (χ4v) is 2.42. The van der Waals surface area contributed by atoms with E-state index in [1.165, 1.54) is 11.3 Å². The molecule has 2 rings (SSSR count). The number of ether oxygens (including phenoxy) is 1. The van der Waals surface area contributed by atoms with Crippen molar-refractivity contribution in [2.45, 2.75) is 0 Å². The second-order valence-electron chi connectivity index (χ2n) is 3.61. The van der Waals surface area contributed by atoms with E-state index >= 15 is 0 Å². The van der Waals surface area contributed by atoms with Crippen LogP contribution in [0.3, 0.4) is 0 Å². The maximum Gasteiger partial charge on any atom is 0.183 e. The van der Waals surface area contributed by atoms with E-state index in [-0.39, 0.29) is 0 Å². The monoisotopic (exact) mass is 259 g/mol. The maximum absolute atomic E-state index is 9.06. The normalized spacial score (nSPS) is 10.0. The van der Waals surface area contributed by atoms with E-state index in [4.69, 9.17) is 10.00 Å². The van der Waals surface area contributed by atoms with Crippen LogP contribution in [-0.2, 0) is 4.74 Å². The number of nitriles is 1. The van der Waals surface area contributed by atoms with Gasteiger partial charge in [0.25, 0.3) is 0 Å². The lowest BCUT2D eigenvalue weighted by Crippen LogP contribution is -2.06. The van der Waals surface area contributed by atoms with E-state index in [9.17, 15) is 0 Å². The van der Waals surface area contributed by atoms with Crippen molar-refractivity contribution in [3.8, 4) is 16.5 Å². The van der Waals surface area contributed by atoms with Crippen LogP contribution in [0.4, 0.5) is 5.13 Å². The van der Waals surface area contributed by atoms with E-state index in [1.54, 1.807) is 13.3 Å². The van der Waals surface area contributed by atoms with Gasteiger partial charge in [-0.25, -0.2) is 4.98 Å². The van der Waals surface area contributed by atoms with Crippen molar-refractivity contribution in [3.05, 3.63) is 36.0 Å². The molecule has 0 fully saturated rings. The minimum absolute atomic E-state index is 0.643. The molecule has 18 heavy (non-hydrogen) atoms. The Labute approximate surface area is 110 Å². The zero-order valence-electron chi connectivity index (χ0n) is 10.0. The third-order valence-electron chi connectivity index (χ3n) is 2.40. The summed E-state index contributed by atoms with van der Waals surface area (Å²) in [4.78, 5) is 5.27. The molecule has 0 spiro atoms. The Balaban J connectivity index is 2.17. The van der Waals surface area contributed by atoms with Crippen LogP contribution in [0.1, 0.15) is 5.56 Å². The Bertz CT molecular complexity index is 559. The highest BCUT2D eigenvalue weighted by molar-refractivity contribution is 7.18. The molecule has 0 saturated carbocycles. The van der Waals surface area contributed by atoms with Gasteiger partial charge in [-0.1, -0.05) is 29.5 Å². The van der Waals surface area contributed by atoms with Crippen molar-refractivity contribution in [3.63, 3.8) is 0 Å². The van der Waals surface area contributed by atoms with Gasteiger partial charge in [-0.2, -0.15) is 5.26 Å². The average Bonchev–Trinajstić information content (AvgIpc) is 2.88. The Hall–Kier alpha value is -1.90. The lowest BCUT2D eigenvalue weighted by Gasteiger charge is -2.00. The third-order valence-corrected chi connectivity index (χ3v) is 3.39.